The van der Waals surface area contributed by atoms with Gasteiger partial charge >= 0.3 is 0 Å². The highest BCUT2D eigenvalue weighted by Gasteiger charge is 2.72. The molecule has 7 nitrogen and oxygen atoms in total. The molecule has 0 saturated carbocycles. The number of benzene rings is 2. The number of hydrogen-bond acceptors (Lipinski definition) is 5. The molecule has 172 valence electrons. The molecule has 0 bridgehead atoms. The fourth-order valence-electron chi connectivity index (χ4n) is 5.50. The summed E-state index contributed by atoms with van der Waals surface area (Å²) in [6, 6.07) is 9.34. The van der Waals surface area contributed by atoms with Crippen LogP contribution in [0.5, 0.6) is 0 Å². The van der Waals surface area contributed by atoms with Gasteiger partial charge in [-0.2, -0.15) is 0 Å². The first-order chi connectivity index (χ1) is 15.5. The van der Waals surface area contributed by atoms with Crippen LogP contribution in [0.4, 0.5) is 10.1 Å². The van der Waals surface area contributed by atoms with E-state index in [1.165, 1.54) is 18.2 Å². The van der Waals surface area contributed by atoms with Gasteiger partial charge in [-0.15, -0.1) is 0 Å². The van der Waals surface area contributed by atoms with Crippen LogP contribution in [0.3, 0.4) is 0 Å². The number of likely N-dealkylation sites (tertiary alicyclic amines) is 1. The van der Waals surface area contributed by atoms with E-state index < -0.39 is 58.6 Å². The van der Waals surface area contributed by atoms with Gasteiger partial charge in [-0.3, -0.25) is 24.6 Å². The first kappa shape index (κ1) is 22.0. The number of aliphatic hydroxyl groups excluding tert-OH is 1. The van der Waals surface area contributed by atoms with Crippen molar-refractivity contribution in [2.24, 2.45) is 11.8 Å². The normalized spacial score (nSPS) is 29.5. The van der Waals surface area contributed by atoms with E-state index in [4.69, 9.17) is 11.6 Å². The van der Waals surface area contributed by atoms with Crippen molar-refractivity contribution in [2.45, 2.75) is 44.0 Å². The van der Waals surface area contributed by atoms with Gasteiger partial charge in [0.15, 0.2) is 0 Å². The van der Waals surface area contributed by atoms with E-state index in [9.17, 15) is 23.9 Å². The minimum absolute atomic E-state index is 0.255. The van der Waals surface area contributed by atoms with Crippen molar-refractivity contribution in [1.29, 1.82) is 0 Å². The van der Waals surface area contributed by atoms with Crippen LogP contribution < -0.4 is 10.6 Å². The van der Waals surface area contributed by atoms with Crippen LogP contribution in [-0.4, -0.2) is 39.3 Å². The molecule has 33 heavy (non-hydrogen) atoms. The van der Waals surface area contributed by atoms with Crippen LogP contribution in [-0.2, 0) is 19.9 Å². The second kappa shape index (κ2) is 7.09. The van der Waals surface area contributed by atoms with E-state index in [2.05, 4.69) is 10.6 Å². The minimum Gasteiger partial charge on any atom is -0.387 e. The lowest BCUT2D eigenvalue weighted by molar-refractivity contribution is -0.148. The Labute approximate surface area is 194 Å². The molecule has 9 heteroatoms. The Hall–Kier alpha value is -2.81. The average Bonchev–Trinajstić information content (AvgIpc) is 3.33. The molecule has 5 atom stereocenters. The molecule has 3 amide bonds. The predicted octanol–water partition coefficient (Wildman–Crippen LogP) is 2.73. The maximum Gasteiger partial charge on any atom is 0.250 e. The highest BCUT2D eigenvalue weighted by molar-refractivity contribution is 6.30. The molecule has 1 spiro atoms. The molecule has 2 fully saturated rings. The third-order valence-corrected chi connectivity index (χ3v) is 7.09. The Morgan fingerprint density at radius 2 is 1.76 bits per heavy atom. The van der Waals surface area contributed by atoms with Gasteiger partial charge in [-0.25, -0.2) is 4.39 Å². The third kappa shape index (κ3) is 2.97. The van der Waals surface area contributed by atoms with Gasteiger partial charge in [-0.1, -0.05) is 23.7 Å². The SMILES string of the molecule is CC(C)(C)N1C(=O)[C@H]2[C@@H]([C@H](O)c3ccc(Cl)cc3)N[C@@]3(C(=O)Nc4ccc(F)cc43)[C@H]2C1=O. The van der Waals surface area contributed by atoms with Crippen molar-refractivity contribution in [1.82, 2.24) is 10.2 Å². The van der Waals surface area contributed by atoms with Crippen LogP contribution >= 0.6 is 11.6 Å². The maximum absolute atomic E-state index is 14.3. The summed E-state index contributed by atoms with van der Waals surface area (Å²) in [5.41, 5.74) is -1.43. The zero-order valence-electron chi connectivity index (χ0n) is 18.2. The number of amides is 3. The number of carbonyl (C=O) groups is 3. The summed E-state index contributed by atoms with van der Waals surface area (Å²) in [5, 5.41) is 17.6. The Morgan fingerprint density at radius 3 is 2.39 bits per heavy atom. The first-order valence-corrected chi connectivity index (χ1v) is 11.1. The topological polar surface area (TPSA) is 98.7 Å². The number of rotatable bonds is 2. The molecule has 2 saturated heterocycles. The van der Waals surface area contributed by atoms with Gasteiger partial charge < -0.3 is 10.4 Å². The fourth-order valence-corrected chi connectivity index (χ4v) is 5.63. The first-order valence-electron chi connectivity index (χ1n) is 10.7. The predicted molar refractivity (Wildman–Crippen MR) is 119 cm³/mol. The number of nitrogens with zero attached hydrogens (tertiary/aromatic N) is 1. The smallest absolute Gasteiger partial charge is 0.250 e. The molecular weight excluding hydrogens is 449 g/mol. The summed E-state index contributed by atoms with van der Waals surface area (Å²) in [4.78, 5) is 41.8. The molecular formula is C24H23ClFN3O4. The number of nitrogens with one attached hydrogen (secondary N) is 2. The van der Waals surface area contributed by atoms with Crippen LogP contribution in [0.15, 0.2) is 42.5 Å². The average molecular weight is 472 g/mol. The minimum atomic E-state index is -1.69. The van der Waals surface area contributed by atoms with Crippen LogP contribution in [0, 0.1) is 17.7 Å². The van der Waals surface area contributed by atoms with Gasteiger partial charge in [0.2, 0.25) is 17.7 Å². The number of fused-ring (bicyclic) bond motifs is 4. The second-order valence-electron chi connectivity index (χ2n) is 9.80. The van der Waals surface area contributed by atoms with Gasteiger partial charge in [0.05, 0.1) is 24.0 Å². The van der Waals surface area contributed by atoms with Crippen LogP contribution in [0.25, 0.3) is 0 Å². The van der Waals surface area contributed by atoms with Gasteiger partial charge in [0.25, 0.3) is 0 Å². The molecule has 0 aliphatic carbocycles. The number of hydrogen-bond donors (Lipinski definition) is 3. The monoisotopic (exact) mass is 471 g/mol. The van der Waals surface area contributed by atoms with E-state index in [1.54, 1.807) is 45.0 Å². The van der Waals surface area contributed by atoms with Crippen LogP contribution in [0.2, 0.25) is 5.02 Å². The Bertz CT molecular complexity index is 1200. The van der Waals surface area contributed by atoms with Gasteiger partial charge in [0, 0.05) is 21.8 Å². The standard InChI is InChI=1S/C24H23ClFN3O4/c1-23(2,3)29-20(31)16-17(21(29)32)24(14-10-13(26)8-9-15(14)27-22(24)33)28-18(16)19(30)11-4-6-12(25)7-5-11/h4-10,16-19,28,30H,1-3H3,(H,27,33)/t16-,17-,18+,19-,24-/m1/s1. The molecule has 0 unspecified atom stereocenters. The van der Waals surface area contributed by atoms with Crippen molar-refractivity contribution >= 4 is 35.0 Å². The summed E-state index contributed by atoms with van der Waals surface area (Å²) in [6.07, 6.45) is -1.23. The lowest BCUT2D eigenvalue weighted by atomic mass is 9.76. The number of anilines is 1. The van der Waals surface area contributed by atoms with Crippen molar-refractivity contribution in [3.05, 3.63) is 64.4 Å². The molecule has 0 radical (unpaired) electrons. The molecule has 3 heterocycles. The molecule has 3 aliphatic heterocycles. The van der Waals surface area contributed by atoms with Gasteiger partial charge in [-0.05, 0) is 56.7 Å². The lowest BCUT2D eigenvalue weighted by Gasteiger charge is -2.35. The molecule has 0 aromatic heterocycles. The Kier molecular flexibility index (Phi) is 4.73. The zero-order valence-corrected chi connectivity index (χ0v) is 19.0. The second-order valence-corrected chi connectivity index (χ2v) is 10.2. The molecule has 2 aromatic rings. The maximum atomic E-state index is 14.3. The van der Waals surface area contributed by atoms with Crippen LogP contribution in [0.1, 0.15) is 38.0 Å². The summed E-state index contributed by atoms with van der Waals surface area (Å²) >= 11 is 5.97. The Morgan fingerprint density at radius 1 is 1.09 bits per heavy atom. The van der Waals surface area contributed by atoms with Crippen molar-refractivity contribution in [3.63, 3.8) is 0 Å². The molecule has 2 aromatic carbocycles. The van der Waals surface area contributed by atoms with E-state index in [0.29, 0.717) is 16.3 Å². The van der Waals surface area contributed by atoms with Crippen molar-refractivity contribution < 1.29 is 23.9 Å². The quantitative estimate of drug-likeness (QED) is 0.585. The van der Waals surface area contributed by atoms with E-state index in [-0.39, 0.29) is 5.56 Å². The molecule has 5 rings (SSSR count). The number of halogens is 2. The summed E-state index contributed by atoms with van der Waals surface area (Å²) in [7, 11) is 0. The molecule has 3 N–H and O–H groups in total. The molecule has 3 aliphatic rings. The zero-order chi connectivity index (χ0) is 23.9. The number of aliphatic hydroxyl groups is 1. The fraction of sp³-hybridized carbons (Fsp3) is 0.375. The largest absolute Gasteiger partial charge is 0.387 e. The summed E-state index contributed by atoms with van der Waals surface area (Å²) in [6.45, 7) is 5.20. The lowest BCUT2D eigenvalue weighted by Crippen LogP contribution is -2.56. The highest BCUT2D eigenvalue weighted by atomic mass is 35.5. The van der Waals surface area contributed by atoms with Gasteiger partial charge in [0.1, 0.15) is 11.4 Å². The van der Waals surface area contributed by atoms with Crippen molar-refractivity contribution in [2.75, 3.05) is 5.32 Å². The van der Waals surface area contributed by atoms with E-state index >= 15 is 0 Å². The number of carbonyl (C=O) groups excluding carboxylic acids is 3. The Balaban J connectivity index is 1.69. The number of imide groups is 1. The summed E-state index contributed by atoms with van der Waals surface area (Å²) < 4.78 is 14.3. The third-order valence-electron chi connectivity index (χ3n) is 6.83. The summed E-state index contributed by atoms with van der Waals surface area (Å²) in [5.74, 6) is -4.29. The van der Waals surface area contributed by atoms with E-state index in [0.717, 1.165) is 4.90 Å². The highest BCUT2D eigenvalue weighted by Crippen LogP contribution is 2.55. The van der Waals surface area contributed by atoms with Crippen molar-refractivity contribution in [3.8, 4) is 0 Å². The van der Waals surface area contributed by atoms with E-state index in [1.807, 2.05) is 0 Å².